The Morgan fingerprint density at radius 2 is 1.90 bits per heavy atom. The SMILES string of the molecule is O=C1CCN(c2cncc3c(C#CCO[C@@H]4CCN(C[C@H]5CC[C@H](n6cc(NC(=O)c7cnn8ccc(N9C[C@H]%10C[C@@H]9CO%10)nc78)c(C(F)F)n6)CC5)C[C@@H]4F)cccc23)C(=O)N1. The van der Waals surface area contributed by atoms with E-state index in [0.717, 1.165) is 43.1 Å². The third-order valence-corrected chi connectivity index (χ3v) is 13.0. The van der Waals surface area contributed by atoms with Crippen LogP contribution in [0.5, 0.6) is 0 Å². The van der Waals surface area contributed by atoms with E-state index in [1.165, 1.54) is 21.8 Å². The van der Waals surface area contributed by atoms with Crippen molar-refractivity contribution in [3.05, 3.63) is 72.1 Å². The van der Waals surface area contributed by atoms with E-state index < -0.39 is 36.3 Å². The van der Waals surface area contributed by atoms with Gasteiger partial charge in [-0.2, -0.15) is 10.2 Å². The molecule has 63 heavy (non-hydrogen) atoms. The number of alkyl halides is 3. The first-order chi connectivity index (χ1) is 30.6. The van der Waals surface area contributed by atoms with Crippen LogP contribution in [0, 0.1) is 17.8 Å². The van der Waals surface area contributed by atoms with Gasteiger partial charge in [0.1, 0.15) is 24.2 Å². The summed E-state index contributed by atoms with van der Waals surface area (Å²) < 4.78 is 58.7. The summed E-state index contributed by atoms with van der Waals surface area (Å²) in [5.74, 6) is 6.26. The molecule has 0 unspecified atom stereocenters. The molecule has 4 aliphatic heterocycles. The minimum atomic E-state index is -2.89. The second-order valence-corrected chi connectivity index (χ2v) is 17.0. The number of ether oxygens (including phenoxy) is 2. The number of halogens is 3. The minimum absolute atomic E-state index is 0.0449. The number of fused-ring (bicyclic) bond motifs is 4. The standard InChI is InChI=1S/C44H46F3N11O5/c45-34-23-54(13-10-37(34)62-16-2-4-27-3-1-5-31-32(27)18-48-20-36(31)55-14-12-39(59)52-44(55)61)21-26-6-8-28(9-7-26)58-24-35(40(53-58)41(46)47)50-43(60)33-19-49-57-15-11-38(51-42(33)57)56-22-30-17-29(56)25-63-30/h1,3,5,11,15,18-20,24,26,28-30,34,37,41H,6-10,12-14,16-17,21-23,25H2,(H,50,60)(H,52,59,61)/t26-,28-,29-,30-,34+,37-/m1/s1. The van der Waals surface area contributed by atoms with Gasteiger partial charge in [-0.05, 0) is 56.6 Å². The fourth-order valence-corrected chi connectivity index (χ4v) is 9.73. The number of likely N-dealkylation sites (tertiary alicyclic amines) is 1. The van der Waals surface area contributed by atoms with Crippen molar-refractivity contribution >= 4 is 51.5 Å². The molecule has 5 aliphatic rings. The van der Waals surface area contributed by atoms with Crippen LogP contribution < -0.4 is 20.4 Å². The van der Waals surface area contributed by atoms with Crippen LogP contribution in [-0.4, -0.2) is 122 Å². The highest BCUT2D eigenvalue weighted by Gasteiger charge is 2.40. The molecule has 4 saturated heterocycles. The van der Waals surface area contributed by atoms with Gasteiger partial charge in [-0.3, -0.25) is 34.4 Å². The summed E-state index contributed by atoms with van der Waals surface area (Å²) >= 11 is 0. The fourth-order valence-electron chi connectivity index (χ4n) is 9.73. The topological polar surface area (TPSA) is 164 Å². The molecule has 2 N–H and O–H groups in total. The molecule has 1 aromatic carbocycles. The Bertz CT molecular complexity index is 2620. The number of hydrogen-bond donors (Lipinski definition) is 2. The number of urea groups is 1. The summed E-state index contributed by atoms with van der Waals surface area (Å²) in [6, 6.07) is 7.04. The largest absolute Gasteiger partial charge is 0.374 e. The highest BCUT2D eigenvalue weighted by molar-refractivity contribution is 6.10. The number of carbonyl (C=O) groups is 3. The van der Waals surface area contributed by atoms with Crippen LogP contribution in [0.25, 0.3) is 16.4 Å². The van der Waals surface area contributed by atoms with Crippen LogP contribution in [0.15, 0.2) is 55.2 Å². The quantitative estimate of drug-likeness (QED) is 0.175. The molecule has 8 heterocycles. The van der Waals surface area contributed by atoms with Crippen LogP contribution >= 0.6 is 0 Å². The Hall–Kier alpha value is -6.10. The van der Waals surface area contributed by atoms with E-state index in [1.807, 2.05) is 24.3 Å². The monoisotopic (exact) mass is 865 g/mol. The van der Waals surface area contributed by atoms with Crippen LogP contribution in [0.4, 0.5) is 35.2 Å². The van der Waals surface area contributed by atoms with Gasteiger partial charge < -0.3 is 19.7 Å². The number of aromatic nitrogens is 6. The van der Waals surface area contributed by atoms with E-state index in [0.29, 0.717) is 61.0 Å². The second-order valence-electron chi connectivity index (χ2n) is 17.0. The molecule has 5 aromatic rings. The molecule has 19 heteroatoms. The molecule has 5 fully saturated rings. The van der Waals surface area contributed by atoms with Crippen LogP contribution in [0.1, 0.15) is 79.0 Å². The van der Waals surface area contributed by atoms with E-state index in [-0.39, 0.29) is 61.5 Å². The van der Waals surface area contributed by atoms with Gasteiger partial charge in [0.15, 0.2) is 11.3 Å². The Balaban J connectivity index is 0.705. The molecule has 0 radical (unpaired) electrons. The molecule has 1 saturated carbocycles. The number of piperidine rings is 1. The molecule has 2 bridgehead atoms. The molecular weight excluding hydrogens is 820 g/mol. The van der Waals surface area contributed by atoms with Crippen molar-refractivity contribution in [1.82, 2.24) is 39.6 Å². The maximum absolute atomic E-state index is 15.4. The second kappa shape index (κ2) is 17.2. The number of hydrogen-bond acceptors (Lipinski definition) is 11. The molecule has 16 nitrogen and oxygen atoms in total. The number of carbonyl (C=O) groups excluding carboxylic acids is 3. The summed E-state index contributed by atoms with van der Waals surface area (Å²) in [6.45, 7) is 3.33. The summed E-state index contributed by atoms with van der Waals surface area (Å²) in [6.07, 6.45) is 8.17. The zero-order valence-corrected chi connectivity index (χ0v) is 34.3. The summed E-state index contributed by atoms with van der Waals surface area (Å²) in [5, 5.41) is 15.1. The lowest BCUT2D eigenvalue weighted by Gasteiger charge is -2.38. The van der Waals surface area contributed by atoms with Gasteiger partial charge in [-0.25, -0.2) is 27.5 Å². The number of benzene rings is 1. The maximum Gasteiger partial charge on any atom is 0.328 e. The average molecular weight is 866 g/mol. The molecule has 328 valence electrons. The van der Waals surface area contributed by atoms with Crippen molar-refractivity contribution in [1.29, 1.82) is 0 Å². The van der Waals surface area contributed by atoms with Crippen LogP contribution in [0.3, 0.4) is 0 Å². The molecule has 1 aliphatic carbocycles. The van der Waals surface area contributed by atoms with Crippen molar-refractivity contribution in [3.8, 4) is 11.8 Å². The van der Waals surface area contributed by atoms with E-state index >= 15 is 4.39 Å². The molecule has 4 atom stereocenters. The van der Waals surface area contributed by atoms with Crippen molar-refractivity contribution < 1.29 is 37.0 Å². The number of morpholine rings is 1. The van der Waals surface area contributed by atoms with Crippen LogP contribution in [0.2, 0.25) is 0 Å². The zero-order chi connectivity index (χ0) is 43.2. The van der Waals surface area contributed by atoms with Gasteiger partial charge in [0, 0.05) is 74.1 Å². The predicted octanol–water partition coefficient (Wildman–Crippen LogP) is 5.30. The fraction of sp³-hybridized carbons (Fsp3) is 0.477. The van der Waals surface area contributed by atoms with Crippen LogP contribution in [-0.2, 0) is 14.3 Å². The molecule has 4 amide bonds. The number of rotatable bonds is 10. The summed E-state index contributed by atoms with van der Waals surface area (Å²) in [7, 11) is 0. The Labute approximate surface area is 360 Å². The van der Waals surface area contributed by atoms with Crippen molar-refractivity contribution in [2.75, 3.05) is 61.1 Å². The zero-order valence-electron chi connectivity index (χ0n) is 34.3. The molecule has 0 spiro atoms. The Kier molecular flexibility index (Phi) is 11.2. The lowest BCUT2D eigenvalue weighted by Crippen LogP contribution is -2.49. The number of anilines is 3. The number of pyridine rings is 1. The lowest BCUT2D eigenvalue weighted by molar-refractivity contribution is -0.120. The number of imide groups is 1. The number of nitrogens with zero attached hydrogens (tertiary/aromatic N) is 9. The van der Waals surface area contributed by atoms with E-state index in [1.54, 1.807) is 23.3 Å². The summed E-state index contributed by atoms with van der Waals surface area (Å²) in [4.78, 5) is 52.5. The highest BCUT2D eigenvalue weighted by Crippen LogP contribution is 2.37. The van der Waals surface area contributed by atoms with E-state index in [9.17, 15) is 23.2 Å². The van der Waals surface area contributed by atoms with Gasteiger partial charge in [-0.15, -0.1) is 0 Å². The molecular formula is C44H46F3N11O5. The van der Waals surface area contributed by atoms with E-state index in [2.05, 4.69) is 47.5 Å². The normalized spacial score (nSPS) is 25.2. The first-order valence-corrected chi connectivity index (χ1v) is 21.5. The maximum atomic E-state index is 15.4. The van der Waals surface area contributed by atoms with E-state index in [4.69, 9.17) is 14.5 Å². The van der Waals surface area contributed by atoms with Crippen molar-refractivity contribution in [2.45, 2.75) is 81.8 Å². The first-order valence-electron chi connectivity index (χ1n) is 21.5. The third kappa shape index (κ3) is 8.30. The number of amides is 4. The highest BCUT2D eigenvalue weighted by atomic mass is 19.3. The van der Waals surface area contributed by atoms with Gasteiger partial charge in [0.2, 0.25) is 5.91 Å². The lowest BCUT2D eigenvalue weighted by atomic mass is 9.85. The smallest absolute Gasteiger partial charge is 0.328 e. The minimum Gasteiger partial charge on any atom is -0.374 e. The number of nitrogens with one attached hydrogen (secondary N) is 2. The van der Waals surface area contributed by atoms with Gasteiger partial charge in [0.25, 0.3) is 12.3 Å². The van der Waals surface area contributed by atoms with Gasteiger partial charge in [0.05, 0.1) is 54.7 Å². The van der Waals surface area contributed by atoms with Crippen molar-refractivity contribution in [3.63, 3.8) is 0 Å². The Morgan fingerprint density at radius 3 is 2.68 bits per heavy atom. The molecule has 4 aromatic heterocycles. The van der Waals surface area contributed by atoms with Gasteiger partial charge >= 0.3 is 6.03 Å². The third-order valence-electron chi connectivity index (χ3n) is 13.0. The first kappa shape index (κ1) is 40.9. The average Bonchev–Trinajstić information content (AvgIpc) is 4.11. The Morgan fingerprint density at radius 1 is 1.03 bits per heavy atom. The summed E-state index contributed by atoms with van der Waals surface area (Å²) in [5.41, 5.74) is 1.25. The molecule has 10 rings (SSSR count). The van der Waals surface area contributed by atoms with Gasteiger partial charge in [-0.1, -0.05) is 24.0 Å². The predicted molar refractivity (Wildman–Crippen MR) is 224 cm³/mol. The van der Waals surface area contributed by atoms with Crippen molar-refractivity contribution in [2.24, 2.45) is 5.92 Å².